The lowest BCUT2D eigenvalue weighted by molar-refractivity contribution is -0.137. The Labute approximate surface area is 155 Å². The molecule has 0 radical (unpaired) electrons. The maximum absolute atomic E-state index is 12.8. The van der Waals surface area contributed by atoms with Gasteiger partial charge in [0, 0.05) is 11.1 Å². The van der Waals surface area contributed by atoms with Crippen LogP contribution in [0.4, 0.5) is 13.2 Å². The van der Waals surface area contributed by atoms with Gasteiger partial charge in [-0.1, -0.05) is 47.6 Å². The van der Waals surface area contributed by atoms with E-state index in [1.165, 1.54) is 19.2 Å². The molecule has 0 aliphatic carbocycles. The minimum absolute atomic E-state index is 0.605. The predicted molar refractivity (Wildman–Crippen MR) is 99.3 cm³/mol. The number of hydrogen-bond donors (Lipinski definition) is 0. The van der Waals surface area contributed by atoms with Crippen molar-refractivity contribution in [2.75, 3.05) is 7.11 Å². The van der Waals surface area contributed by atoms with Gasteiger partial charge >= 0.3 is 6.18 Å². The third kappa shape index (κ3) is 4.16. The second-order valence-corrected chi connectivity index (χ2v) is 5.89. The first kappa shape index (κ1) is 18.6. The number of rotatable bonds is 4. The van der Waals surface area contributed by atoms with Gasteiger partial charge in [-0.25, -0.2) is 4.98 Å². The summed E-state index contributed by atoms with van der Waals surface area (Å²) in [7, 11) is 1.46. The van der Waals surface area contributed by atoms with E-state index in [0.717, 1.165) is 23.3 Å². The van der Waals surface area contributed by atoms with Gasteiger partial charge in [-0.15, -0.1) is 0 Å². The van der Waals surface area contributed by atoms with E-state index in [-0.39, 0.29) is 0 Å². The maximum Gasteiger partial charge on any atom is 0.416 e. The van der Waals surface area contributed by atoms with Gasteiger partial charge in [-0.05, 0) is 36.8 Å². The normalized spacial score (nSPS) is 12.1. The van der Waals surface area contributed by atoms with Crippen molar-refractivity contribution < 1.29 is 18.0 Å². The van der Waals surface area contributed by atoms with Crippen molar-refractivity contribution in [2.24, 2.45) is 5.16 Å². The highest BCUT2D eigenvalue weighted by molar-refractivity contribution is 5.98. The Morgan fingerprint density at radius 2 is 1.56 bits per heavy atom. The summed E-state index contributed by atoms with van der Waals surface area (Å²) >= 11 is 0. The zero-order chi connectivity index (χ0) is 19.4. The lowest BCUT2D eigenvalue weighted by atomic mass is 9.97. The van der Waals surface area contributed by atoms with E-state index >= 15 is 0 Å². The van der Waals surface area contributed by atoms with Crippen LogP contribution in [-0.4, -0.2) is 17.8 Å². The van der Waals surface area contributed by atoms with E-state index in [0.29, 0.717) is 22.7 Å². The largest absolute Gasteiger partial charge is 0.416 e. The summed E-state index contributed by atoms with van der Waals surface area (Å²) in [6, 6.07) is 18.2. The van der Waals surface area contributed by atoms with E-state index in [9.17, 15) is 13.2 Å². The average molecular weight is 370 g/mol. The van der Waals surface area contributed by atoms with Gasteiger partial charge in [0.1, 0.15) is 12.8 Å². The molecule has 0 saturated carbocycles. The lowest BCUT2D eigenvalue weighted by Gasteiger charge is -2.13. The molecule has 27 heavy (non-hydrogen) atoms. The van der Waals surface area contributed by atoms with Crippen LogP contribution in [0, 0.1) is 0 Å². The number of benzene rings is 2. The van der Waals surface area contributed by atoms with E-state index < -0.39 is 11.7 Å². The van der Waals surface area contributed by atoms with Crippen LogP contribution >= 0.6 is 0 Å². The van der Waals surface area contributed by atoms with Crippen molar-refractivity contribution >= 4 is 5.71 Å². The summed E-state index contributed by atoms with van der Waals surface area (Å²) < 4.78 is 38.5. The minimum Gasteiger partial charge on any atom is -0.399 e. The highest BCUT2D eigenvalue weighted by atomic mass is 19.4. The monoisotopic (exact) mass is 370 g/mol. The SMILES string of the molecule is CO/N=C(\C)c1ccc(-c2ccc(C(F)(F)F)cc2)c(-c2ccccc2)n1. The molecule has 3 nitrogen and oxygen atoms in total. The Morgan fingerprint density at radius 3 is 2.15 bits per heavy atom. The third-order valence-electron chi connectivity index (χ3n) is 4.06. The Morgan fingerprint density at radius 1 is 0.889 bits per heavy atom. The molecule has 6 heteroatoms. The van der Waals surface area contributed by atoms with E-state index in [1.54, 1.807) is 13.0 Å². The number of aromatic nitrogens is 1. The number of halogens is 3. The molecule has 0 unspecified atom stereocenters. The second kappa shape index (κ2) is 7.61. The molecular weight excluding hydrogens is 353 g/mol. The van der Waals surface area contributed by atoms with Crippen LogP contribution in [0.25, 0.3) is 22.4 Å². The highest BCUT2D eigenvalue weighted by Gasteiger charge is 2.30. The van der Waals surface area contributed by atoms with Crippen molar-refractivity contribution in [3.63, 3.8) is 0 Å². The topological polar surface area (TPSA) is 34.5 Å². The summed E-state index contributed by atoms with van der Waals surface area (Å²) in [4.78, 5) is 9.48. The first-order chi connectivity index (χ1) is 12.9. The second-order valence-electron chi connectivity index (χ2n) is 5.89. The Kier molecular flexibility index (Phi) is 5.26. The summed E-state index contributed by atoms with van der Waals surface area (Å²) in [6.45, 7) is 1.78. The third-order valence-corrected chi connectivity index (χ3v) is 4.06. The summed E-state index contributed by atoms with van der Waals surface area (Å²) in [5, 5.41) is 3.90. The fraction of sp³-hybridized carbons (Fsp3) is 0.143. The maximum atomic E-state index is 12.8. The predicted octanol–water partition coefficient (Wildman–Crippen LogP) is 5.80. The van der Waals surface area contributed by atoms with E-state index in [1.807, 2.05) is 36.4 Å². The first-order valence-corrected chi connectivity index (χ1v) is 8.22. The summed E-state index contributed by atoms with van der Waals surface area (Å²) in [6.07, 6.45) is -4.36. The lowest BCUT2D eigenvalue weighted by Crippen LogP contribution is -2.04. The number of oxime groups is 1. The number of pyridine rings is 1. The van der Waals surface area contributed by atoms with Crippen LogP contribution in [0.2, 0.25) is 0 Å². The van der Waals surface area contributed by atoms with Gasteiger partial charge in [0.2, 0.25) is 0 Å². The van der Waals surface area contributed by atoms with Crippen LogP contribution < -0.4 is 0 Å². The van der Waals surface area contributed by atoms with Gasteiger partial charge < -0.3 is 4.84 Å². The fourth-order valence-corrected chi connectivity index (χ4v) is 2.73. The summed E-state index contributed by atoms with van der Waals surface area (Å²) in [5.41, 5.74) is 3.48. The zero-order valence-corrected chi connectivity index (χ0v) is 14.8. The van der Waals surface area contributed by atoms with Crippen LogP contribution in [0.15, 0.2) is 71.9 Å². The van der Waals surface area contributed by atoms with Crippen LogP contribution in [-0.2, 0) is 11.0 Å². The summed E-state index contributed by atoms with van der Waals surface area (Å²) in [5.74, 6) is 0. The van der Waals surface area contributed by atoms with Crippen molar-refractivity contribution in [1.82, 2.24) is 4.98 Å². The molecule has 3 aromatic rings. The molecule has 0 aliphatic heterocycles. The molecule has 0 saturated heterocycles. The zero-order valence-electron chi connectivity index (χ0n) is 14.8. The van der Waals surface area contributed by atoms with Crippen molar-refractivity contribution in [3.05, 3.63) is 78.0 Å². The van der Waals surface area contributed by atoms with Gasteiger partial charge in [0.15, 0.2) is 0 Å². The molecule has 0 bridgehead atoms. The number of nitrogens with zero attached hydrogens (tertiary/aromatic N) is 2. The molecule has 0 spiro atoms. The average Bonchev–Trinajstić information content (AvgIpc) is 2.68. The van der Waals surface area contributed by atoms with Crippen molar-refractivity contribution in [3.8, 4) is 22.4 Å². The standard InChI is InChI=1S/C21H17F3N2O/c1-14(26-27-2)19-13-12-18(20(25-19)16-6-4-3-5-7-16)15-8-10-17(11-9-15)21(22,23)24/h3-13H,1-2H3/b26-14+. The Balaban J connectivity index is 2.13. The number of hydrogen-bond acceptors (Lipinski definition) is 3. The van der Waals surface area contributed by atoms with Gasteiger partial charge in [-0.3, -0.25) is 0 Å². The molecule has 1 heterocycles. The molecule has 2 aromatic carbocycles. The van der Waals surface area contributed by atoms with Crippen LogP contribution in [0.1, 0.15) is 18.2 Å². The van der Waals surface area contributed by atoms with Crippen LogP contribution in [0.5, 0.6) is 0 Å². The van der Waals surface area contributed by atoms with Crippen LogP contribution in [0.3, 0.4) is 0 Å². The van der Waals surface area contributed by atoms with Gasteiger partial charge in [0.05, 0.1) is 17.0 Å². The molecule has 1 aromatic heterocycles. The molecule has 0 aliphatic rings. The smallest absolute Gasteiger partial charge is 0.399 e. The molecule has 138 valence electrons. The van der Waals surface area contributed by atoms with Crippen molar-refractivity contribution in [2.45, 2.75) is 13.1 Å². The molecule has 0 fully saturated rings. The quantitative estimate of drug-likeness (QED) is 0.429. The Bertz CT molecular complexity index is 949. The molecule has 3 rings (SSSR count). The molecular formula is C21H17F3N2O. The van der Waals surface area contributed by atoms with Gasteiger partial charge in [-0.2, -0.15) is 13.2 Å². The van der Waals surface area contributed by atoms with E-state index in [4.69, 9.17) is 4.84 Å². The Hall–Kier alpha value is -3.15. The number of alkyl halides is 3. The van der Waals surface area contributed by atoms with Crippen molar-refractivity contribution in [1.29, 1.82) is 0 Å². The van der Waals surface area contributed by atoms with Gasteiger partial charge in [0.25, 0.3) is 0 Å². The first-order valence-electron chi connectivity index (χ1n) is 8.22. The molecule has 0 N–H and O–H groups in total. The highest BCUT2D eigenvalue weighted by Crippen LogP contribution is 2.34. The minimum atomic E-state index is -4.36. The molecule has 0 amide bonds. The van der Waals surface area contributed by atoms with E-state index in [2.05, 4.69) is 10.1 Å². The fourth-order valence-electron chi connectivity index (χ4n) is 2.73. The molecule has 0 atom stereocenters.